The predicted octanol–water partition coefficient (Wildman–Crippen LogP) is 6.20. The summed E-state index contributed by atoms with van der Waals surface area (Å²) in [5.41, 5.74) is 1.10. The lowest BCUT2D eigenvalue weighted by Gasteiger charge is -2.36. The molecule has 2 aromatic carbocycles. The van der Waals surface area contributed by atoms with E-state index in [1.807, 2.05) is 52.0 Å². The minimum atomic E-state index is -1.01. The smallest absolute Gasteiger partial charge is 0.408 e. The van der Waals surface area contributed by atoms with Crippen LogP contribution in [0.5, 0.6) is 5.75 Å². The number of hydrogen-bond donors (Lipinski definition) is 3. The fourth-order valence-electron chi connectivity index (χ4n) is 4.58. The van der Waals surface area contributed by atoms with Gasteiger partial charge in [-0.25, -0.2) is 4.79 Å². The summed E-state index contributed by atoms with van der Waals surface area (Å²) >= 11 is 0. The number of aryl methyl sites for hydroxylation is 1. The van der Waals surface area contributed by atoms with Crippen molar-refractivity contribution in [1.29, 1.82) is 0 Å². The van der Waals surface area contributed by atoms with Crippen LogP contribution in [0, 0.1) is 6.92 Å². The minimum Gasteiger partial charge on any atom is -0.508 e. The van der Waals surface area contributed by atoms with Gasteiger partial charge in [0.1, 0.15) is 23.4 Å². The Labute approximate surface area is 245 Å². The summed E-state index contributed by atoms with van der Waals surface area (Å²) in [5.74, 6) is -0.554. The quantitative estimate of drug-likeness (QED) is 0.265. The monoisotopic (exact) mass is 567 g/mol. The van der Waals surface area contributed by atoms with Crippen LogP contribution in [0.25, 0.3) is 0 Å². The fourth-order valence-corrected chi connectivity index (χ4v) is 4.58. The molecule has 3 N–H and O–H groups in total. The highest BCUT2D eigenvalue weighted by atomic mass is 16.6. The molecule has 0 aliphatic rings. The summed E-state index contributed by atoms with van der Waals surface area (Å²) < 4.78 is 5.51. The topological polar surface area (TPSA) is 108 Å². The Balaban J connectivity index is 2.59. The zero-order valence-corrected chi connectivity index (χ0v) is 26.0. The highest BCUT2D eigenvalue weighted by molar-refractivity contribution is 5.92. The molecule has 0 saturated heterocycles. The summed E-state index contributed by atoms with van der Waals surface area (Å²) in [5, 5.41) is 15.6. The average Bonchev–Trinajstić information content (AvgIpc) is 2.85. The lowest BCUT2D eigenvalue weighted by Crippen LogP contribution is -2.55. The van der Waals surface area contributed by atoms with Crippen molar-refractivity contribution in [3.63, 3.8) is 0 Å². The van der Waals surface area contributed by atoms with E-state index in [2.05, 4.69) is 17.6 Å². The Hall–Kier alpha value is -3.55. The van der Waals surface area contributed by atoms with E-state index in [4.69, 9.17) is 4.74 Å². The maximum atomic E-state index is 14.5. The number of nitrogens with zero attached hydrogens (tertiary/aromatic N) is 1. The molecule has 226 valence electrons. The van der Waals surface area contributed by atoms with Crippen molar-refractivity contribution in [2.24, 2.45) is 0 Å². The Morgan fingerprint density at radius 1 is 0.927 bits per heavy atom. The number of alkyl carbamates (subject to hydrolysis) is 1. The van der Waals surface area contributed by atoms with Crippen LogP contribution < -0.4 is 10.6 Å². The van der Waals surface area contributed by atoms with Gasteiger partial charge < -0.3 is 25.4 Å². The number of hydrogen-bond acceptors (Lipinski definition) is 5. The number of benzene rings is 2. The summed E-state index contributed by atoms with van der Waals surface area (Å²) in [6, 6.07) is 12.2. The number of carbonyl (C=O) groups excluding carboxylic acids is 3. The van der Waals surface area contributed by atoms with Crippen molar-refractivity contribution in [2.75, 3.05) is 6.54 Å². The van der Waals surface area contributed by atoms with E-state index in [1.54, 1.807) is 49.9 Å². The second kappa shape index (κ2) is 14.9. The largest absolute Gasteiger partial charge is 0.508 e. The van der Waals surface area contributed by atoms with Gasteiger partial charge in [-0.2, -0.15) is 0 Å². The number of nitrogens with one attached hydrogen (secondary N) is 2. The van der Waals surface area contributed by atoms with Gasteiger partial charge in [0.05, 0.1) is 0 Å². The highest BCUT2D eigenvalue weighted by Gasteiger charge is 2.37. The Kier molecular flexibility index (Phi) is 12.2. The maximum Gasteiger partial charge on any atom is 0.408 e. The van der Waals surface area contributed by atoms with Crippen LogP contribution in [0.2, 0.25) is 0 Å². The van der Waals surface area contributed by atoms with Gasteiger partial charge in [0, 0.05) is 18.5 Å². The van der Waals surface area contributed by atoms with Gasteiger partial charge in [0.2, 0.25) is 11.8 Å². The molecule has 2 rings (SSSR count). The molecule has 0 saturated carbocycles. The average molecular weight is 568 g/mol. The number of rotatable bonds is 12. The molecule has 2 aromatic rings. The molecule has 0 aliphatic carbocycles. The van der Waals surface area contributed by atoms with Crippen LogP contribution in [0.15, 0.2) is 48.5 Å². The molecule has 0 fully saturated rings. The van der Waals surface area contributed by atoms with Gasteiger partial charge in [-0.3, -0.25) is 9.59 Å². The molecule has 8 heteroatoms. The van der Waals surface area contributed by atoms with E-state index in [0.717, 1.165) is 36.0 Å². The first kappa shape index (κ1) is 33.7. The van der Waals surface area contributed by atoms with Crippen LogP contribution in [-0.4, -0.2) is 51.6 Å². The van der Waals surface area contributed by atoms with Gasteiger partial charge >= 0.3 is 6.09 Å². The SMILES string of the molecule is CCCCCCN(C(=O)C(Cc1ccc(O)cc1)NC(=O)OC(C)(C)C)C(C(=O)NC(C)(C)C)c1ccccc1C. The molecule has 0 radical (unpaired) electrons. The van der Waals surface area contributed by atoms with Crippen LogP contribution >= 0.6 is 0 Å². The van der Waals surface area contributed by atoms with Crippen molar-refractivity contribution in [1.82, 2.24) is 15.5 Å². The van der Waals surface area contributed by atoms with Crippen LogP contribution in [-0.2, 0) is 20.7 Å². The first-order chi connectivity index (χ1) is 19.1. The van der Waals surface area contributed by atoms with E-state index in [-0.39, 0.29) is 24.0 Å². The lowest BCUT2D eigenvalue weighted by atomic mass is 9.95. The van der Waals surface area contributed by atoms with E-state index >= 15 is 0 Å². The van der Waals surface area contributed by atoms with Gasteiger partial charge in [0.15, 0.2) is 0 Å². The summed E-state index contributed by atoms with van der Waals surface area (Å²) in [6.07, 6.45) is 3.10. The second-order valence-electron chi connectivity index (χ2n) is 12.7. The van der Waals surface area contributed by atoms with Gasteiger partial charge in [-0.15, -0.1) is 0 Å². The standard InChI is InChI=1S/C33H49N3O5/c1-9-10-11-14-21-36(28(29(38)35-32(3,4)5)26-16-13-12-15-23(26)2)30(39)27(34-31(40)41-33(6,7)8)22-24-17-19-25(37)20-18-24/h12-13,15-20,27-28,37H,9-11,14,21-22H2,1-8H3,(H,34,40)(H,35,38). The van der Waals surface area contributed by atoms with Crippen molar-refractivity contribution < 1.29 is 24.2 Å². The molecular formula is C33H49N3O5. The Bertz CT molecular complexity index is 1150. The van der Waals surface area contributed by atoms with E-state index in [1.165, 1.54) is 0 Å². The van der Waals surface area contributed by atoms with E-state index in [9.17, 15) is 19.5 Å². The molecule has 0 heterocycles. The molecule has 3 amide bonds. The zero-order chi connectivity index (χ0) is 30.8. The molecule has 0 spiro atoms. The number of amides is 3. The second-order valence-corrected chi connectivity index (χ2v) is 12.7. The molecule has 2 atom stereocenters. The Morgan fingerprint density at radius 2 is 1.56 bits per heavy atom. The number of phenolic OH excluding ortho intramolecular Hbond substituents is 1. The van der Waals surface area contributed by atoms with Crippen LogP contribution in [0.1, 0.15) is 96.9 Å². The first-order valence-corrected chi connectivity index (χ1v) is 14.6. The minimum absolute atomic E-state index is 0.104. The van der Waals surface area contributed by atoms with Gasteiger partial charge in [0.25, 0.3) is 0 Å². The van der Waals surface area contributed by atoms with Crippen molar-refractivity contribution in [2.45, 2.75) is 111 Å². The number of aromatic hydroxyl groups is 1. The van der Waals surface area contributed by atoms with E-state index in [0.29, 0.717) is 13.0 Å². The van der Waals surface area contributed by atoms with Crippen molar-refractivity contribution >= 4 is 17.9 Å². The normalized spacial score (nSPS) is 13.2. The lowest BCUT2D eigenvalue weighted by molar-refractivity contribution is -0.143. The maximum absolute atomic E-state index is 14.5. The molecule has 0 bridgehead atoms. The van der Waals surface area contributed by atoms with Gasteiger partial charge in [-0.05, 0) is 83.7 Å². The summed E-state index contributed by atoms with van der Waals surface area (Å²) in [6.45, 7) is 15.4. The first-order valence-electron chi connectivity index (χ1n) is 14.6. The van der Waals surface area contributed by atoms with Gasteiger partial charge in [-0.1, -0.05) is 62.6 Å². The third-order valence-corrected chi connectivity index (χ3v) is 6.44. The number of ether oxygens (including phenoxy) is 1. The zero-order valence-electron chi connectivity index (χ0n) is 26.0. The molecule has 41 heavy (non-hydrogen) atoms. The summed E-state index contributed by atoms with van der Waals surface area (Å²) in [4.78, 5) is 43.0. The third kappa shape index (κ3) is 11.5. The molecule has 8 nitrogen and oxygen atoms in total. The fraction of sp³-hybridized carbons (Fsp3) is 0.545. The number of carbonyl (C=O) groups is 3. The highest BCUT2D eigenvalue weighted by Crippen LogP contribution is 2.28. The number of unbranched alkanes of at least 4 members (excludes halogenated alkanes) is 3. The summed E-state index contributed by atoms with van der Waals surface area (Å²) in [7, 11) is 0. The van der Waals surface area contributed by atoms with Crippen LogP contribution in [0.3, 0.4) is 0 Å². The molecule has 0 aromatic heterocycles. The Morgan fingerprint density at radius 3 is 2.12 bits per heavy atom. The predicted molar refractivity (Wildman–Crippen MR) is 163 cm³/mol. The molecule has 2 unspecified atom stereocenters. The molecule has 0 aliphatic heterocycles. The van der Waals surface area contributed by atoms with Crippen molar-refractivity contribution in [3.05, 3.63) is 65.2 Å². The number of phenols is 1. The van der Waals surface area contributed by atoms with Crippen molar-refractivity contribution in [3.8, 4) is 5.75 Å². The van der Waals surface area contributed by atoms with E-state index < -0.39 is 29.3 Å². The molecular weight excluding hydrogens is 518 g/mol. The van der Waals surface area contributed by atoms with Crippen LogP contribution in [0.4, 0.5) is 4.79 Å². The third-order valence-electron chi connectivity index (χ3n) is 6.44.